The maximum atomic E-state index is 12.4. The van der Waals surface area contributed by atoms with Gasteiger partial charge in [0.25, 0.3) is 0 Å². The molecule has 0 N–H and O–H groups in total. The standard InChI is InChI=1S/C17H28N10O/c1-23-7-9-25(10-8-23)11-15-20-21-17(24(15)2)14-3-5-26(6-4-14)16(28)12-27-19-13-18-22-27/h13-14H,3-12H2,1-2H3. The van der Waals surface area contributed by atoms with Crippen molar-refractivity contribution in [3.05, 3.63) is 18.0 Å². The first kappa shape index (κ1) is 18.9. The molecule has 0 spiro atoms. The highest BCUT2D eigenvalue weighted by atomic mass is 16.2. The summed E-state index contributed by atoms with van der Waals surface area (Å²) in [4.78, 5) is 20.4. The van der Waals surface area contributed by atoms with Crippen molar-refractivity contribution in [3.63, 3.8) is 0 Å². The van der Waals surface area contributed by atoms with Crippen LogP contribution in [0.1, 0.15) is 30.4 Å². The predicted molar refractivity (Wildman–Crippen MR) is 100 cm³/mol. The fourth-order valence-corrected chi connectivity index (χ4v) is 3.94. The van der Waals surface area contributed by atoms with E-state index in [9.17, 15) is 4.79 Å². The normalized spacial score (nSPS) is 20.0. The summed E-state index contributed by atoms with van der Waals surface area (Å²) in [5.41, 5.74) is 0. The second-order valence-corrected chi connectivity index (χ2v) is 7.73. The summed E-state index contributed by atoms with van der Waals surface area (Å²) in [6.45, 7) is 6.77. The smallest absolute Gasteiger partial charge is 0.246 e. The first-order valence-corrected chi connectivity index (χ1v) is 9.88. The molecule has 28 heavy (non-hydrogen) atoms. The molecule has 0 radical (unpaired) electrons. The Morgan fingerprint density at radius 3 is 2.50 bits per heavy atom. The first-order valence-electron chi connectivity index (χ1n) is 9.88. The molecule has 2 saturated heterocycles. The van der Waals surface area contributed by atoms with Crippen molar-refractivity contribution in [1.82, 2.24) is 49.7 Å². The van der Waals surface area contributed by atoms with Gasteiger partial charge in [-0.15, -0.1) is 20.4 Å². The molecule has 0 bridgehead atoms. The van der Waals surface area contributed by atoms with Gasteiger partial charge >= 0.3 is 0 Å². The Morgan fingerprint density at radius 2 is 1.82 bits per heavy atom. The minimum atomic E-state index is 0.0326. The number of likely N-dealkylation sites (N-methyl/N-ethyl adjacent to an activating group) is 1. The summed E-state index contributed by atoms with van der Waals surface area (Å²) in [6, 6.07) is 0. The zero-order valence-electron chi connectivity index (χ0n) is 16.6. The molecule has 1 amide bonds. The molecule has 2 aliphatic rings. The number of amides is 1. The van der Waals surface area contributed by atoms with Gasteiger partial charge in [-0.3, -0.25) is 9.69 Å². The van der Waals surface area contributed by atoms with Crippen molar-refractivity contribution < 1.29 is 4.79 Å². The van der Waals surface area contributed by atoms with E-state index in [1.165, 1.54) is 11.1 Å². The Morgan fingerprint density at radius 1 is 1.07 bits per heavy atom. The van der Waals surface area contributed by atoms with Crippen LogP contribution in [0.3, 0.4) is 0 Å². The van der Waals surface area contributed by atoms with E-state index in [-0.39, 0.29) is 12.5 Å². The van der Waals surface area contributed by atoms with Gasteiger partial charge in [-0.1, -0.05) is 0 Å². The van der Waals surface area contributed by atoms with Crippen LogP contribution in [-0.4, -0.2) is 102 Å². The van der Waals surface area contributed by atoms with Crippen molar-refractivity contribution in [1.29, 1.82) is 0 Å². The monoisotopic (exact) mass is 388 g/mol. The summed E-state index contributed by atoms with van der Waals surface area (Å²) in [5, 5.41) is 20.2. The van der Waals surface area contributed by atoms with Crippen molar-refractivity contribution in [2.24, 2.45) is 7.05 Å². The van der Waals surface area contributed by atoms with E-state index in [1.54, 1.807) is 0 Å². The SMILES string of the molecule is CN1CCN(Cc2nnc(C3CCN(C(=O)Cn4ncnn4)CC3)n2C)CC1. The lowest BCUT2D eigenvalue weighted by Crippen LogP contribution is -2.44. The molecule has 2 fully saturated rings. The molecule has 0 unspecified atom stereocenters. The zero-order valence-corrected chi connectivity index (χ0v) is 16.6. The number of piperazine rings is 1. The van der Waals surface area contributed by atoms with E-state index in [2.05, 4.69) is 54.1 Å². The summed E-state index contributed by atoms with van der Waals surface area (Å²) in [5.74, 6) is 2.43. The summed E-state index contributed by atoms with van der Waals surface area (Å²) < 4.78 is 2.15. The lowest BCUT2D eigenvalue weighted by atomic mass is 9.96. The van der Waals surface area contributed by atoms with Crippen LogP contribution in [0.5, 0.6) is 0 Å². The average molecular weight is 388 g/mol. The van der Waals surface area contributed by atoms with Crippen LogP contribution in [-0.2, 0) is 24.9 Å². The van der Waals surface area contributed by atoms with Crippen molar-refractivity contribution in [3.8, 4) is 0 Å². The minimum Gasteiger partial charge on any atom is -0.341 e. The molecule has 0 aromatic carbocycles. The van der Waals surface area contributed by atoms with Gasteiger partial charge in [0.15, 0.2) is 6.33 Å². The zero-order chi connectivity index (χ0) is 19.5. The Balaban J connectivity index is 1.31. The third kappa shape index (κ3) is 4.20. The maximum absolute atomic E-state index is 12.4. The van der Waals surface area contributed by atoms with E-state index < -0.39 is 0 Å². The average Bonchev–Trinajstić information content (AvgIpc) is 3.34. The molecule has 0 atom stereocenters. The lowest BCUT2D eigenvalue weighted by Gasteiger charge is -2.32. The van der Waals surface area contributed by atoms with Crippen LogP contribution < -0.4 is 0 Å². The Kier molecular flexibility index (Phi) is 5.62. The number of aromatic nitrogens is 7. The quantitative estimate of drug-likeness (QED) is 0.640. The Hall–Kier alpha value is -2.40. The molecular weight excluding hydrogens is 360 g/mol. The van der Waals surface area contributed by atoms with Crippen LogP contribution in [0.15, 0.2) is 6.33 Å². The van der Waals surface area contributed by atoms with Gasteiger partial charge in [-0.05, 0) is 25.1 Å². The van der Waals surface area contributed by atoms with E-state index in [4.69, 9.17) is 0 Å². The molecular formula is C17H28N10O. The molecule has 0 aliphatic carbocycles. The van der Waals surface area contributed by atoms with Crippen LogP contribution in [0.2, 0.25) is 0 Å². The Labute approximate surface area is 164 Å². The number of hydrogen-bond acceptors (Lipinski definition) is 8. The van der Waals surface area contributed by atoms with Gasteiger partial charge in [0.2, 0.25) is 5.91 Å². The van der Waals surface area contributed by atoms with Crippen LogP contribution >= 0.6 is 0 Å². The maximum Gasteiger partial charge on any atom is 0.246 e. The second-order valence-electron chi connectivity index (χ2n) is 7.73. The second kappa shape index (κ2) is 8.31. The molecule has 2 aromatic rings. The van der Waals surface area contributed by atoms with Crippen molar-refractivity contribution in [2.45, 2.75) is 31.8 Å². The predicted octanol–water partition coefficient (Wildman–Crippen LogP) is -1.04. The van der Waals surface area contributed by atoms with Gasteiger partial charge in [0.05, 0.1) is 6.54 Å². The van der Waals surface area contributed by atoms with Gasteiger partial charge in [-0.25, -0.2) is 0 Å². The summed E-state index contributed by atoms with van der Waals surface area (Å²) in [7, 11) is 4.23. The molecule has 2 aromatic heterocycles. The van der Waals surface area contributed by atoms with Gasteiger partial charge in [0.1, 0.15) is 18.2 Å². The summed E-state index contributed by atoms with van der Waals surface area (Å²) in [6.07, 6.45) is 3.14. The third-order valence-corrected chi connectivity index (χ3v) is 5.84. The largest absolute Gasteiger partial charge is 0.341 e. The fourth-order valence-electron chi connectivity index (χ4n) is 3.94. The van der Waals surface area contributed by atoms with E-state index in [1.807, 2.05) is 4.90 Å². The molecule has 11 nitrogen and oxygen atoms in total. The lowest BCUT2D eigenvalue weighted by molar-refractivity contribution is -0.133. The third-order valence-electron chi connectivity index (χ3n) is 5.84. The van der Waals surface area contributed by atoms with Crippen LogP contribution in [0, 0.1) is 0 Å². The molecule has 0 saturated carbocycles. The number of nitrogens with zero attached hydrogens (tertiary/aromatic N) is 10. The van der Waals surface area contributed by atoms with Crippen LogP contribution in [0.25, 0.3) is 0 Å². The highest BCUT2D eigenvalue weighted by molar-refractivity contribution is 5.75. The van der Waals surface area contributed by atoms with Crippen molar-refractivity contribution >= 4 is 5.91 Å². The number of rotatable bonds is 5. The fraction of sp³-hybridized carbons (Fsp3) is 0.765. The van der Waals surface area contributed by atoms with Crippen molar-refractivity contribution in [2.75, 3.05) is 46.3 Å². The highest BCUT2D eigenvalue weighted by Gasteiger charge is 2.28. The van der Waals surface area contributed by atoms with E-state index in [0.29, 0.717) is 5.92 Å². The molecule has 4 heterocycles. The molecule has 11 heteroatoms. The number of likely N-dealkylation sites (tertiary alicyclic amines) is 1. The highest BCUT2D eigenvalue weighted by Crippen LogP contribution is 2.27. The Bertz CT molecular complexity index is 772. The van der Waals surface area contributed by atoms with Gasteiger partial charge in [-0.2, -0.15) is 4.80 Å². The van der Waals surface area contributed by atoms with Crippen LogP contribution in [0.4, 0.5) is 0 Å². The van der Waals surface area contributed by atoms with Gasteiger partial charge in [0, 0.05) is 52.2 Å². The topological polar surface area (TPSA) is 101 Å². The summed E-state index contributed by atoms with van der Waals surface area (Å²) >= 11 is 0. The minimum absolute atomic E-state index is 0.0326. The van der Waals surface area contributed by atoms with E-state index >= 15 is 0 Å². The van der Waals surface area contributed by atoms with E-state index in [0.717, 1.165) is 70.3 Å². The molecule has 4 rings (SSSR count). The number of carbonyl (C=O) groups excluding carboxylic acids is 1. The molecule has 152 valence electrons. The number of piperidine rings is 1. The van der Waals surface area contributed by atoms with Gasteiger partial charge < -0.3 is 14.4 Å². The number of hydrogen-bond donors (Lipinski definition) is 0. The number of tetrazole rings is 1. The number of carbonyl (C=O) groups is 1. The molecule has 2 aliphatic heterocycles. The first-order chi connectivity index (χ1) is 13.6.